The van der Waals surface area contributed by atoms with Gasteiger partial charge in [-0.15, -0.1) is 0 Å². The van der Waals surface area contributed by atoms with Crippen molar-refractivity contribution in [3.8, 4) is 0 Å². The molecule has 0 radical (unpaired) electrons. The first-order valence-electron chi connectivity index (χ1n) is 3.95. The van der Waals surface area contributed by atoms with E-state index in [1.807, 2.05) is 0 Å². The highest BCUT2D eigenvalue weighted by atomic mass is 79.9. The van der Waals surface area contributed by atoms with E-state index < -0.39 is 0 Å². The van der Waals surface area contributed by atoms with Crippen molar-refractivity contribution < 1.29 is 0 Å². The van der Waals surface area contributed by atoms with Crippen molar-refractivity contribution >= 4 is 31.9 Å². The quantitative estimate of drug-likeness (QED) is 0.679. The van der Waals surface area contributed by atoms with Gasteiger partial charge in [-0.25, -0.2) is 0 Å². The molecular weight excluding hydrogens is 268 g/mol. The highest BCUT2D eigenvalue weighted by Crippen LogP contribution is 2.35. The van der Waals surface area contributed by atoms with Gasteiger partial charge in [0.2, 0.25) is 0 Å². The zero-order valence-electron chi connectivity index (χ0n) is 7.88. The van der Waals surface area contributed by atoms with Crippen LogP contribution in [0, 0.1) is 10.8 Å². The summed E-state index contributed by atoms with van der Waals surface area (Å²) >= 11 is 7.07. The van der Waals surface area contributed by atoms with E-state index in [1.54, 1.807) is 0 Å². The molecule has 0 atom stereocenters. The molecule has 0 heterocycles. The van der Waals surface area contributed by atoms with Gasteiger partial charge in [-0.1, -0.05) is 59.6 Å². The fourth-order valence-electron chi connectivity index (χ4n) is 1.39. The van der Waals surface area contributed by atoms with E-state index in [4.69, 9.17) is 0 Å². The van der Waals surface area contributed by atoms with Crippen LogP contribution < -0.4 is 0 Å². The lowest BCUT2D eigenvalue weighted by atomic mass is 9.78. The molecule has 0 aliphatic heterocycles. The lowest BCUT2D eigenvalue weighted by molar-refractivity contribution is 0.246. The minimum absolute atomic E-state index is 0.414. The van der Waals surface area contributed by atoms with Gasteiger partial charge in [0.05, 0.1) is 0 Å². The molecule has 0 saturated carbocycles. The molecule has 0 aromatic carbocycles. The van der Waals surface area contributed by atoms with Crippen LogP contribution >= 0.6 is 31.9 Å². The molecule has 0 aromatic rings. The molecule has 68 valence electrons. The number of rotatable bonds is 4. The Labute approximate surface area is 87.4 Å². The first-order chi connectivity index (χ1) is 4.83. The maximum absolute atomic E-state index is 3.54. The van der Waals surface area contributed by atoms with Gasteiger partial charge < -0.3 is 0 Å². The van der Waals surface area contributed by atoms with Gasteiger partial charge in [0.25, 0.3) is 0 Å². The summed E-state index contributed by atoms with van der Waals surface area (Å²) in [5.41, 5.74) is 0.828. The fourth-order valence-corrected chi connectivity index (χ4v) is 1.79. The van der Waals surface area contributed by atoms with Gasteiger partial charge in [-0.3, -0.25) is 0 Å². The molecule has 0 aliphatic carbocycles. The van der Waals surface area contributed by atoms with Crippen LogP contribution in [-0.4, -0.2) is 10.7 Å². The largest absolute Gasteiger partial charge is 0.0922 e. The highest BCUT2D eigenvalue weighted by Gasteiger charge is 2.26. The molecule has 0 aromatic heterocycles. The van der Waals surface area contributed by atoms with Crippen LogP contribution in [0.4, 0.5) is 0 Å². The smallest absolute Gasteiger partial charge is 0.00828 e. The van der Waals surface area contributed by atoms with Crippen LogP contribution in [0.15, 0.2) is 0 Å². The van der Waals surface area contributed by atoms with Crippen molar-refractivity contribution in [3.63, 3.8) is 0 Å². The second-order valence-corrected chi connectivity index (χ2v) is 5.89. The molecule has 0 bridgehead atoms. The zero-order chi connectivity index (χ0) is 9.12. The fraction of sp³-hybridized carbons (Fsp3) is 1.00. The van der Waals surface area contributed by atoms with Crippen LogP contribution in [0.1, 0.15) is 34.1 Å². The minimum atomic E-state index is 0.414. The van der Waals surface area contributed by atoms with Gasteiger partial charge >= 0.3 is 0 Å². The Balaban J connectivity index is 4.02. The van der Waals surface area contributed by atoms with Gasteiger partial charge in [0.15, 0.2) is 0 Å². The van der Waals surface area contributed by atoms with E-state index in [1.165, 1.54) is 6.42 Å². The Morgan fingerprint density at radius 2 is 1.09 bits per heavy atom. The van der Waals surface area contributed by atoms with E-state index in [0.717, 1.165) is 10.7 Å². The summed E-state index contributed by atoms with van der Waals surface area (Å²) in [6.45, 7) is 9.19. The molecule has 0 N–H and O–H groups in total. The van der Waals surface area contributed by atoms with Gasteiger partial charge in [-0.2, -0.15) is 0 Å². The number of hydrogen-bond donors (Lipinski definition) is 0. The lowest BCUT2D eigenvalue weighted by Crippen LogP contribution is -2.25. The van der Waals surface area contributed by atoms with Crippen molar-refractivity contribution in [3.05, 3.63) is 0 Å². The monoisotopic (exact) mass is 284 g/mol. The number of halogens is 2. The normalized spacial score (nSPS) is 13.6. The van der Waals surface area contributed by atoms with Crippen molar-refractivity contribution in [1.82, 2.24) is 0 Å². The van der Waals surface area contributed by atoms with E-state index in [0.29, 0.717) is 10.8 Å². The second-order valence-electron chi connectivity index (χ2n) is 4.77. The Kier molecular flexibility index (Phi) is 4.64. The van der Waals surface area contributed by atoms with E-state index in [9.17, 15) is 0 Å². The Morgan fingerprint density at radius 1 is 0.818 bits per heavy atom. The summed E-state index contributed by atoms with van der Waals surface area (Å²) in [5.74, 6) is 0. The van der Waals surface area contributed by atoms with Gasteiger partial charge in [0.1, 0.15) is 0 Å². The summed E-state index contributed by atoms with van der Waals surface area (Å²) in [6.07, 6.45) is 1.25. The number of hydrogen-bond acceptors (Lipinski definition) is 0. The molecule has 0 fully saturated rings. The van der Waals surface area contributed by atoms with Crippen molar-refractivity contribution in [1.29, 1.82) is 0 Å². The third kappa shape index (κ3) is 5.24. The maximum Gasteiger partial charge on any atom is 0.00828 e. The molecule has 0 unspecified atom stereocenters. The SMILES string of the molecule is CC(C)(CBr)CC(C)(C)CBr. The topological polar surface area (TPSA) is 0 Å². The van der Waals surface area contributed by atoms with Crippen LogP contribution in [0.5, 0.6) is 0 Å². The van der Waals surface area contributed by atoms with Crippen LogP contribution in [0.3, 0.4) is 0 Å². The minimum Gasteiger partial charge on any atom is -0.0922 e. The van der Waals surface area contributed by atoms with Crippen LogP contribution in [0.25, 0.3) is 0 Å². The average molecular weight is 286 g/mol. The van der Waals surface area contributed by atoms with Crippen LogP contribution in [-0.2, 0) is 0 Å². The summed E-state index contributed by atoms with van der Waals surface area (Å²) in [4.78, 5) is 0. The van der Waals surface area contributed by atoms with Crippen molar-refractivity contribution in [2.45, 2.75) is 34.1 Å². The molecule has 0 aliphatic rings. The van der Waals surface area contributed by atoms with Crippen molar-refractivity contribution in [2.24, 2.45) is 10.8 Å². The predicted molar refractivity (Wildman–Crippen MR) is 59.8 cm³/mol. The van der Waals surface area contributed by atoms with Gasteiger partial charge in [-0.05, 0) is 17.3 Å². The standard InChI is InChI=1S/C9H18Br2/c1-8(2,6-10)5-9(3,4)7-11/h5-7H2,1-4H3. The Bertz CT molecular complexity index is 103. The summed E-state index contributed by atoms with van der Waals surface area (Å²) in [5, 5.41) is 2.16. The summed E-state index contributed by atoms with van der Waals surface area (Å²) < 4.78 is 0. The van der Waals surface area contributed by atoms with Crippen molar-refractivity contribution in [2.75, 3.05) is 10.7 Å². The summed E-state index contributed by atoms with van der Waals surface area (Å²) in [6, 6.07) is 0. The average Bonchev–Trinajstić information content (AvgIpc) is 1.86. The third-order valence-corrected chi connectivity index (χ3v) is 4.72. The molecule has 0 saturated heterocycles. The molecule has 0 nitrogen and oxygen atoms in total. The molecule has 2 heteroatoms. The van der Waals surface area contributed by atoms with E-state index in [-0.39, 0.29) is 0 Å². The molecule has 0 rings (SSSR count). The van der Waals surface area contributed by atoms with Crippen LogP contribution in [0.2, 0.25) is 0 Å². The second kappa shape index (κ2) is 4.27. The summed E-state index contributed by atoms with van der Waals surface area (Å²) in [7, 11) is 0. The molecule has 0 amide bonds. The first kappa shape index (κ1) is 12.0. The first-order valence-corrected chi connectivity index (χ1v) is 6.19. The van der Waals surface area contributed by atoms with E-state index in [2.05, 4.69) is 59.6 Å². The maximum atomic E-state index is 3.54. The Hall–Kier alpha value is 0.960. The Morgan fingerprint density at radius 3 is 1.27 bits per heavy atom. The molecular formula is C9H18Br2. The third-order valence-electron chi connectivity index (χ3n) is 1.68. The van der Waals surface area contributed by atoms with Gasteiger partial charge in [0, 0.05) is 10.7 Å². The van der Waals surface area contributed by atoms with E-state index >= 15 is 0 Å². The number of alkyl halides is 2. The lowest BCUT2D eigenvalue weighted by Gasteiger charge is -2.32. The predicted octanol–water partition coefficient (Wildman–Crippen LogP) is 4.22. The highest BCUT2D eigenvalue weighted by molar-refractivity contribution is 9.09. The molecule has 0 spiro atoms. The molecule has 11 heavy (non-hydrogen) atoms. The zero-order valence-corrected chi connectivity index (χ0v) is 11.0.